The molecule has 1 aromatic carbocycles. The Labute approximate surface area is 83.6 Å². The summed E-state index contributed by atoms with van der Waals surface area (Å²) in [5, 5.41) is 0.733. The van der Waals surface area contributed by atoms with Gasteiger partial charge in [-0.2, -0.15) is 0 Å². The van der Waals surface area contributed by atoms with Crippen LogP contribution in [0.5, 0.6) is 0 Å². The van der Waals surface area contributed by atoms with Crippen LogP contribution >= 0.6 is 24.0 Å². The maximum absolute atomic E-state index is 12.9. The molecule has 4 heteroatoms. The predicted octanol–water partition coefficient (Wildman–Crippen LogP) is 3.14. The number of carbonyl (C=O) groups is 1. The summed E-state index contributed by atoms with van der Waals surface area (Å²) >= 11 is 5.45. The van der Waals surface area contributed by atoms with Gasteiger partial charge in [-0.25, -0.2) is 4.39 Å². The first-order chi connectivity index (χ1) is 6.20. The molecular formula is C9H5FOS2. The van der Waals surface area contributed by atoms with Crippen molar-refractivity contribution in [1.29, 1.82) is 0 Å². The minimum atomic E-state index is -0.326. The molecule has 0 aliphatic carbocycles. The number of rotatable bonds is 1. The van der Waals surface area contributed by atoms with Crippen molar-refractivity contribution in [2.45, 2.75) is 4.90 Å². The highest BCUT2D eigenvalue weighted by Gasteiger charge is 2.05. The van der Waals surface area contributed by atoms with Crippen LogP contribution in [-0.2, 0) is 0 Å². The molecule has 1 nitrogen and oxygen atoms in total. The second kappa shape index (κ2) is 3.12. The average molecular weight is 212 g/mol. The van der Waals surface area contributed by atoms with Crippen LogP contribution in [0.2, 0.25) is 0 Å². The summed E-state index contributed by atoms with van der Waals surface area (Å²) in [4.78, 5) is 11.6. The van der Waals surface area contributed by atoms with Crippen LogP contribution in [0.3, 0.4) is 0 Å². The first-order valence-corrected chi connectivity index (χ1v) is 4.84. The van der Waals surface area contributed by atoms with Gasteiger partial charge in [0.2, 0.25) is 0 Å². The van der Waals surface area contributed by atoms with E-state index in [0.717, 1.165) is 16.4 Å². The maximum atomic E-state index is 12.9. The van der Waals surface area contributed by atoms with Crippen LogP contribution in [0.4, 0.5) is 4.39 Å². The van der Waals surface area contributed by atoms with Crippen LogP contribution in [-0.4, -0.2) is 6.29 Å². The summed E-state index contributed by atoms with van der Waals surface area (Å²) in [7, 11) is 0. The van der Waals surface area contributed by atoms with E-state index in [1.165, 1.54) is 23.5 Å². The van der Waals surface area contributed by atoms with Crippen LogP contribution in [0.1, 0.15) is 9.67 Å². The Bertz CT molecular complexity index is 476. The quantitative estimate of drug-likeness (QED) is 0.567. The van der Waals surface area contributed by atoms with Crippen LogP contribution in [0.25, 0.3) is 10.1 Å². The summed E-state index contributed by atoms with van der Waals surface area (Å²) in [6.07, 6.45) is 0.760. The molecule has 66 valence electrons. The number of thiol groups is 1. The van der Waals surface area contributed by atoms with Crippen molar-refractivity contribution in [1.82, 2.24) is 0 Å². The highest BCUT2D eigenvalue weighted by Crippen LogP contribution is 2.30. The summed E-state index contributed by atoms with van der Waals surface area (Å²) in [6, 6.07) is 4.41. The molecule has 2 aromatic rings. The lowest BCUT2D eigenvalue weighted by Crippen LogP contribution is -1.73. The van der Waals surface area contributed by atoms with Gasteiger partial charge in [-0.05, 0) is 23.6 Å². The number of hydrogen-bond donors (Lipinski definition) is 1. The number of benzene rings is 1. The molecule has 0 saturated heterocycles. The summed E-state index contributed by atoms with van der Waals surface area (Å²) in [5.41, 5.74) is 0. The second-order valence-electron chi connectivity index (χ2n) is 2.61. The molecule has 1 aromatic heterocycles. The minimum Gasteiger partial charge on any atom is -0.297 e. The third kappa shape index (κ3) is 1.47. The fourth-order valence-corrected chi connectivity index (χ4v) is 2.44. The van der Waals surface area contributed by atoms with Crippen LogP contribution < -0.4 is 0 Å². The molecule has 0 amide bonds. The molecule has 0 aliphatic rings. The predicted molar refractivity (Wildman–Crippen MR) is 54.4 cm³/mol. The van der Waals surface area contributed by atoms with Gasteiger partial charge in [-0.3, -0.25) is 4.79 Å². The van der Waals surface area contributed by atoms with Crippen molar-refractivity contribution >= 4 is 40.3 Å². The molecule has 0 unspecified atom stereocenters. The lowest BCUT2D eigenvalue weighted by Gasteiger charge is -1.93. The Morgan fingerprint density at radius 2 is 2.15 bits per heavy atom. The maximum Gasteiger partial charge on any atom is 0.160 e. The molecule has 0 N–H and O–H groups in total. The highest BCUT2D eigenvalue weighted by atomic mass is 32.1. The van der Waals surface area contributed by atoms with E-state index < -0.39 is 0 Å². The van der Waals surface area contributed by atoms with E-state index in [0.29, 0.717) is 9.77 Å². The summed E-state index contributed by atoms with van der Waals surface area (Å²) in [6.45, 7) is 0. The molecule has 0 atom stereocenters. The van der Waals surface area contributed by atoms with Crippen molar-refractivity contribution in [2.75, 3.05) is 0 Å². The van der Waals surface area contributed by atoms with Gasteiger partial charge < -0.3 is 0 Å². The van der Waals surface area contributed by atoms with E-state index in [4.69, 9.17) is 0 Å². The molecule has 1 heterocycles. The molecular weight excluding hydrogens is 207 g/mol. The number of halogens is 1. The Hall–Kier alpha value is -0.870. The molecule has 0 radical (unpaired) electrons. The minimum absolute atomic E-state index is 0.326. The van der Waals surface area contributed by atoms with Gasteiger partial charge in [0.05, 0.1) is 4.88 Å². The monoisotopic (exact) mass is 212 g/mol. The molecule has 13 heavy (non-hydrogen) atoms. The van der Waals surface area contributed by atoms with E-state index in [9.17, 15) is 9.18 Å². The zero-order chi connectivity index (χ0) is 9.42. The van der Waals surface area contributed by atoms with Gasteiger partial charge in [-0.15, -0.1) is 24.0 Å². The van der Waals surface area contributed by atoms with Crippen molar-refractivity contribution in [3.8, 4) is 0 Å². The molecule has 0 aliphatic heterocycles. The van der Waals surface area contributed by atoms with Crippen LogP contribution in [0.15, 0.2) is 23.1 Å². The molecule has 2 rings (SSSR count). The Morgan fingerprint density at radius 1 is 1.38 bits per heavy atom. The van der Waals surface area contributed by atoms with E-state index >= 15 is 0 Å². The molecule has 0 fully saturated rings. The van der Waals surface area contributed by atoms with E-state index in [-0.39, 0.29) is 5.82 Å². The SMILES string of the molecule is O=Cc1cc2cc(F)cc(S)c2s1. The van der Waals surface area contributed by atoms with E-state index in [2.05, 4.69) is 12.6 Å². The Morgan fingerprint density at radius 3 is 2.85 bits per heavy atom. The fourth-order valence-electron chi connectivity index (χ4n) is 1.18. The number of thiophene rings is 1. The largest absolute Gasteiger partial charge is 0.297 e. The number of hydrogen-bond acceptors (Lipinski definition) is 3. The topological polar surface area (TPSA) is 17.1 Å². The number of fused-ring (bicyclic) bond motifs is 1. The summed E-state index contributed by atoms with van der Waals surface area (Å²) in [5.74, 6) is -0.326. The van der Waals surface area contributed by atoms with E-state index in [1.54, 1.807) is 6.07 Å². The van der Waals surface area contributed by atoms with Crippen molar-refractivity contribution in [3.63, 3.8) is 0 Å². The third-order valence-electron chi connectivity index (χ3n) is 1.70. The van der Waals surface area contributed by atoms with Gasteiger partial charge in [0, 0.05) is 9.60 Å². The lowest BCUT2D eigenvalue weighted by atomic mass is 10.2. The smallest absolute Gasteiger partial charge is 0.160 e. The third-order valence-corrected chi connectivity index (χ3v) is 3.31. The van der Waals surface area contributed by atoms with Crippen molar-refractivity contribution < 1.29 is 9.18 Å². The van der Waals surface area contributed by atoms with Crippen molar-refractivity contribution in [3.05, 3.63) is 28.9 Å². The van der Waals surface area contributed by atoms with Gasteiger partial charge in [0.1, 0.15) is 5.82 Å². The number of carbonyl (C=O) groups excluding carboxylic acids is 1. The van der Waals surface area contributed by atoms with Gasteiger partial charge in [-0.1, -0.05) is 0 Å². The highest BCUT2D eigenvalue weighted by molar-refractivity contribution is 7.80. The first kappa shape index (κ1) is 8.72. The normalized spacial score (nSPS) is 10.6. The first-order valence-electron chi connectivity index (χ1n) is 3.58. The van der Waals surface area contributed by atoms with Crippen LogP contribution in [0, 0.1) is 5.82 Å². The standard InChI is InChI=1S/C9H5FOS2/c10-6-1-5-2-7(4-11)13-9(5)8(12)3-6/h1-4,12H. The van der Waals surface area contributed by atoms with Gasteiger partial charge in [0.25, 0.3) is 0 Å². The zero-order valence-electron chi connectivity index (χ0n) is 6.45. The second-order valence-corrected chi connectivity index (χ2v) is 4.18. The Kier molecular flexibility index (Phi) is 2.09. The average Bonchev–Trinajstić information content (AvgIpc) is 2.47. The van der Waals surface area contributed by atoms with Crippen molar-refractivity contribution in [2.24, 2.45) is 0 Å². The van der Waals surface area contributed by atoms with Gasteiger partial charge in [0.15, 0.2) is 6.29 Å². The Balaban J connectivity index is 2.82. The summed E-state index contributed by atoms with van der Waals surface area (Å²) < 4.78 is 13.7. The molecule has 0 bridgehead atoms. The molecule has 0 saturated carbocycles. The van der Waals surface area contributed by atoms with E-state index in [1.807, 2.05) is 0 Å². The fraction of sp³-hybridized carbons (Fsp3) is 0. The number of aldehydes is 1. The lowest BCUT2D eigenvalue weighted by molar-refractivity contribution is 0.112. The van der Waals surface area contributed by atoms with Gasteiger partial charge >= 0.3 is 0 Å². The zero-order valence-corrected chi connectivity index (χ0v) is 8.16. The molecule has 0 spiro atoms.